The fourth-order valence-electron chi connectivity index (χ4n) is 2.11. The first-order valence-electron chi connectivity index (χ1n) is 6.83. The van der Waals surface area contributed by atoms with E-state index in [0.29, 0.717) is 22.2 Å². The van der Waals surface area contributed by atoms with Crippen molar-refractivity contribution in [3.05, 3.63) is 78.6 Å². The van der Waals surface area contributed by atoms with Crippen molar-refractivity contribution >= 4 is 11.8 Å². The van der Waals surface area contributed by atoms with E-state index >= 15 is 0 Å². The van der Waals surface area contributed by atoms with E-state index < -0.39 is 5.25 Å². The van der Waals surface area contributed by atoms with Crippen LogP contribution in [-0.2, 0) is 6.42 Å². The highest BCUT2D eigenvalue weighted by atomic mass is 32.2. The van der Waals surface area contributed by atoms with Gasteiger partial charge in [-0.3, -0.25) is 0 Å². The van der Waals surface area contributed by atoms with Gasteiger partial charge < -0.3 is 0 Å². The molecule has 0 N–H and O–H groups in total. The first kappa shape index (κ1) is 14.8. The number of hydrogen-bond acceptors (Lipinski definition) is 2. The Labute approximate surface area is 131 Å². The van der Waals surface area contributed by atoms with Gasteiger partial charge in [-0.1, -0.05) is 48.2 Å². The number of para-hydroxylation sites is 1. The number of thioether (sulfide) groups is 1. The van der Waals surface area contributed by atoms with E-state index in [1.54, 1.807) is 35.1 Å². The summed E-state index contributed by atoms with van der Waals surface area (Å²) in [5.74, 6) is 0. The predicted molar refractivity (Wildman–Crippen MR) is 84.5 cm³/mol. The van der Waals surface area contributed by atoms with Gasteiger partial charge in [0.25, 0.3) is 0 Å². The molecule has 3 aromatic rings. The molecule has 0 amide bonds. The van der Waals surface area contributed by atoms with E-state index in [9.17, 15) is 8.78 Å². The SMILES string of the molecule is FC(F)(Cc1cnn(-c2ccccc2)c1)Sc1ccccc1. The fourth-order valence-corrected chi connectivity index (χ4v) is 2.98. The highest BCUT2D eigenvalue weighted by Gasteiger charge is 2.31. The minimum atomic E-state index is -2.87. The number of benzene rings is 2. The Balaban J connectivity index is 1.71. The van der Waals surface area contributed by atoms with E-state index in [4.69, 9.17) is 0 Å². The van der Waals surface area contributed by atoms with Crippen LogP contribution in [0.25, 0.3) is 5.69 Å². The second-order valence-electron chi connectivity index (χ2n) is 4.86. The second-order valence-corrected chi connectivity index (χ2v) is 6.13. The molecular formula is C17H14F2N2S. The molecule has 0 aliphatic rings. The third-order valence-electron chi connectivity index (χ3n) is 3.08. The summed E-state index contributed by atoms with van der Waals surface area (Å²) in [6, 6.07) is 18.1. The summed E-state index contributed by atoms with van der Waals surface area (Å²) in [6.45, 7) is 0. The van der Waals surface area contributed by atoms with Crippen molar-refractivity contribution in [2.24, 2.45) is 0 Å². The largest absolute Gasteiger partial charge is 0.302 e. The summed E-state index contributed by atoms with van der Waals surface area (Å²) in [5.41, 5.74) is 1.37. The van der Waals surface area contributed by atoms with Gasteiger partial charge in [0.1, 0.15) is 0 Å². The van der Waals surface area contributed by atoms with Crippen LogP contribution in [0.4, 0.5) is 8.78 Å². The molecule has 0 bridgehead atoms. The Bertz CT molecular complexity index is 727. The molecule has 0 spiro atoms. The number of aromatic nitrogens is 2. The predicted octanol–water partition coefficient (Wildman–Crippen LogP) is 4.80. The summed E-state index contributed by atoms with van der Waals surface area (Å²) in [7, 11) is 0. The molecule has 0 aliphatic carbocycles. The highest BCUT2D eigenvalue weighted by molar-refractivity contribution is 8.00. The molecule has 0 saturated carbocycles. The van der Waals surface area contributed by atoms with Crippen LogP contribution in [0.1, 0.15) is 5.56 Å². The Morgan fingerprint density at radius 3 is 2.27 bits per heavy atom. The van der Waals surface area contributed by atoms with Crippen LogP contribution >= 0.6 is 11.8 Å². The van der Waals surface area contributed by atoms with Crippen LogP contribution < -0.4 is 0 Å². The maximum Gasteiger partial charge on any atom is 0.302 e. The minimum absolute atomic E-state index is 0.348. The van der Waals surface area contributed by atoms with Crippen LogP contribution in [-0.4, -0.2) is 15.0 Å². The maximum absolute atomic E-state index is 14.1. The van der Waals surface area contributed by atoms with Crippen molar-refractivity contribution in [3.63, 3.8) is 0 Å². The highest BCUT2D eigenvalue weighted by Crippen LogP contribution is 2.38. The molecule has 22 heavy (non-hydrogen) atoms. The van der Waals surface area contributed by atoms with Crippen LogP contribution in [0.3, 0.4) is 0 Å². The van der Waals surface area contributed by atoms with Gasteiger partial charge in [-0.2, -0.15) is 13.9 Å². The van der Waals surface area contributed by atoms with Gasteiger partial charge in [-0.05, 0) is 29.8 Å². The minimum Gasteiger partial charge on any atom is -0.241 e. The van der Waals surface area contributed by atoms with Gasteiger partial charge in [0, 0.05) is 17.5 Å². The van der Waals surface area contributed by atoms with Gasteiger partial charge in [-0.15, -0.1) is 0 Å². The summed E-state index contributed by atoms with van der Waals surface area (Å²) in [5, 5.41) is 1.28. The number of alkyl halides is 2. The van der Waals surface area contributed by atoms with Gasteiger partial charge in [0.05, 0.1) is 11.9 Å². The molecule has 1 heterocycles. The molecule has 2 nitrogen and oxygen atoms in total. The van der Waals surface area contributed by atoms with Gasteiger partial charge in [0.15, 0.2) is 0 Å². The monoisotopic (exact) mass is 316 g/mol. The Hall–Kier alpha value is -2.14. The molecule has 2 aromatic carbocycles. The lowest BCUT2D eigenvalue weighted by atomic mass is 10.2. The zero-order chi connectivity index (χ0) is 15.4. The van der Waals surface area contributed by atoms with Gasteiger partial charge in [0.2, 0.25) is 0 Å². The molecule has 5 heteroatoms. The average Bonchev–Trinajstić information content (AvgIpc) is 2.96. The van der Waals surface area contributed by atoms with Crippen molar-refractivity contribution in [2.45, 2.75) is 16.6 Å². The third-order valence-corrected chi connectivity index (χ3v) is 4.03. The van der Waals surface area contributed by atoms with Crippen molar-refractivity contribution in [1.82, 2.24) is 9.78 Å². The molecule has 0 unspecified atom stereocenters. The number of rotatable bonds is 5. The standard InChI is InChI=1S/C17H14F2N2S/c18-17(19,22-16-9-5-2-6-10-16)11-14-12-20-21(13-14)15-7-3-1-4-8-15/h1-10,12-13H,11H2. The fraction of sp³-hybridized carbons (Fsp3) is 0.118. The molecule has 0 saturated heterocycles. The van der Waals surface area contributed by atoms with Gasteiger partial charge >= 0.3 is 5.25 Å². The zero-order valence-corrected chi connectivity index (χ0v) is 12.5. The zero-order valence-electron chi connectivity index (χ0n) is 11.7. The molecule has 0 aliphatic heterocycles. The van der Waals surface area contributed by atoms with Crippen molar-refractivity contribution in [2.75, 3.05) is 0 Å². The van der Waals surface area contributed by atoms with E-state index in [1.807, 2.05) is 36.4 Å². The average molecular weight is 316 g/mol. The first-order chi connectivity index (χ1) is 10.6. The Morgan fingerprint density at radius 1 is 0.955 bits per heavy atom. The molecule has 0 atom stereocenters. The lowest BCUT2D eigenvalue weighted by Crippen LogP contribution is -2.13. The first-order valence-corrected chi connectivity index (χ1v) is 7.65. The van der Waals surface area contributed by atoms with E-state index in [1.165, 1.54) is 6.20 Å². The smallest absolute Gasteiger partial charge is 0.241 e. The van der Waals surface area contributed by atoms with Crippen LogP contribution in [0.15, 0.2) is 78.0 Å². The van der Waals surface area contributed by atoms with E-state index in [-0.39, 0.29) is 6.42 Å². The molecule has 1 aromatic heterocycles. The van der Waals surface area contributed by atoms with Gasteiger partial charge in [-0.25, -0.2) is 4.68 Å². The summed E-state index contributed by atoms with van der Waals surface area (Å²) in [4.78, 5) is 0.558. The lowest BCUT2D eigenvalue weighted by Gasteiger charge is -2.14. The number of nitrogens with zero attached hydrogens (tertiary/aromatic N) is 2. The Morgan fingerprint density at radius 2 is 1.59 bits per heavy atom. The number of halogens is 2. The molecule has 112 valence electrons. The Kier molecular flexibility index (Phi) is 4.24. The quantitative estimate of drug-likeness (QED) is 0.629. The lowest BCUT2D eigenvalue weighted by molar-refractivity contribution is 0.106. The van der Waals surface area contributed by atoms with E-state index in [0.717, 1.165) is 5.69 Å². The van der Waals surface area contributed by atoms with Crippen LogP contribution in [0.5, 0.6) is 0 Å². The van der Waals surface area contributed by atoms with Crippen molar-refractivity contribution in [3.8, 4) is 5.69 Å². The maximum atomic E-state index is 14.1. The van der Waals surface area contributed by atoms with Crippen LogP contribution in [0, 0.1) is 0 Å². The van der Waals surface area contributed by atoms with Crippen molar-refractivity contribution in [1.29, 1.82) is 0 Å². The summed E-state index contributed by atoms with van der Waals surface area (Å²) >= 11 is 0.575. The molecule has 3 rings (SSSR count). The third kappa shape index (κ3) is 3.74. The summed E-state index contributed by atoms with van der Waals surface area (Å²) < 4.78 is 29.9. The normalized spacial score (nSPS) is 11.5. The number of hydrogen-bond donors (Lipinski definition) is 0. The van der Waals surface area contributed by atoms with Crippen LogP contribution in [0.2, 0.25) is 0 Å². The molecular weight excluding hydrogens is 302 g/mol. The molecule has 0 fully saturated rings. The van der Waals surface area contributed by atoms with E-state index in [2.05, 4.69) is 5.10 Å². The second kappa shape index (κ2) is 6.32. The van der Waals surface area contributed by atoms with Crippen molar-refractivity contribution < 1.29 is 8.78 Å². The topological polar surface area (TPSA) is 17.8 Å². The molecule has 0 radical (unpaired) electrons. The summed E-state index contributed by atoms with van der Waals surface area (Å²) in [6.07, 6.45) is 2.79.